The van der Waals surface area contributed by atoms with Crippen LogP contribution in [0.4, 0.5) is 0 Å². The fraction of sp³-hybridized carbons (Fsp3) is 0.333. The molecule has 0 bridgehead atoms. The zero-order chi connectivity index (χ0) is 14.5. The molecule has 1 heterocycles. The zero-order valence-electron chi connectivity index (χ0n) is 11.6. The third-order valence-corrected chi connectivity index (χ3v) is 3.07. The highest BCUT2D eigenvalue weighted by Crippen LogP contribution is 2.15. The van der Waals surface area contributed by atoms with Crippen molar-refractivity contribution in [3.63, 3.8) is 0 Å². The van der Waals surface area contributed by atoms with Gasteiger partial charge in [0.15, 0.2) is 0 Å². The standard InChI is InChI=1S/C15H18N2O3/c1-3-4-12-14(18)16-13(17-15(12)19)9-10-5-7-11(20-2)8-6-10/h5-8H,3-4,9H2,1-2H3,(H2,16,17,18,19). The molecule has 1 aromatic carbocycles. The summed E-state index contributed by atoms with van der Waals surface area (Å²) in [5.41, 5.74) is 1.07. The average Bonchev–Trinajstić information content (AvgIpc) is 2.44. The number of aromatic amines is 1. The molecule has 0 spiro atoms. The molecule has 0 amide bonds. The van der Waals surface area contributed by atoms with Gasteiger partial charge in [0, 0.05) is 6.42 Å². The molecule has 1 aromatic heterocycles. The van der Waals surface area contributed by atoms with Crippen LogP contribution < -0.4 is 10.3 Å². The maximum atomic E-state index is 11.9. The van der Waals surface area contributed by atoms with Crippen molar-refractivity contribution in [1.82, 2.24) is 9.97 Å². The summed E-state index contributed by atoms with van der Waals surface area (Å²) in [7, 11) is 1.61. The Bertz CT molecular complexity index is 633. The molecule has 0 unspecified atom stereocenters. The third-order valence-electron chi connectivity index (χ3n) is 3.07. The molecule has 0 aliphatic carbocycles. The molecule has 0 saturated carbocycles. The lowest BCUT2D eigenvalue weighted by molar-refractivity contribution is 0.414. The Morgan fingerprint density at radius 1 is 1.30 bits per heavy atom. The van der Waals surface area contributed by atoms with Crippen LogP contribution in [0.3, 0.4) is 0 Å². The summed E-state index contributed by atoms with van der Waals surface area (Å²) in [6.07, 6.45) is 1.77. The van der Waals surface area contributed by atoms with Crippen LogP contribution in [0.25, 0.3) is 0 Å². The van der Waals surface area contributed by atoms with Crippen molar-refractivity contribution in [3.05, 3.63) is 51.6 Å². The monoisotopic (exact) mass is 274 g/mol. The highest BCUT2D eigenvalue weighted by atomic mass is 16.5. The summed E-state index contributed by atoms with van der Waals surface area (Å²) in [5.74, 6) is 1.06. The van der Waals surface area contributed by atoms with Crippen molar-refractivity contribution in [2.45, 2.75) is 26.2 Å². The van der Waals surface area contributed by atoms with Gasteiger partial charge in [-0.15, -0.1) is 0 Å². The number of methoxy groups -OCH3 is 1. The second-order valence-corrected chi connectivity index (χ2v) is 4.59. The molecular formula is C15H18N2O3. The minimum absolute atomic E-state index is 0.167. The number of hydrogen-bond donors (Lipinski definition) is 2. The van der Waals surface area contributed by atoms with E-state index in [1.807, 2.05) is 31.2 Å². The lowest BCUT2D eigenvalue weighted by Crippen LogP contribution is -2.17. The number of aromatic nitrogens is 2. The van der Waals surface area contributed by atoms with Crippen LogP contribution in [-0.4, -0.2) is 22.2 Å². The van der Waals surface area contributed by atoms with Crippen molar-refractivity contribution in [3.8, 4) is 11.6 Å². The van der Waals surface area contributed by atoms with Gasteiger partial charge < -0.3 is 14.8 Å². The van der Waals surface area contributed by atoms with Gasteiger partial charge in [0.25, 0.3) is 5.56 Å². The summed E-state index contributed by atoms with van der Waals surface area (Å²) in [6.45, 7) is 1.95. The molecule has 2 aromatic rings. The van der Waals surface area contributed by atoms with Crippen molar-refractivity contribution in [1.29, 1.82) is 0 Å². The number of hydrogen-bond acceptors (Lipinski definition) is 4. The Morgan fingerprint density at radius 2 is 2.00 bits per heavy atom. The predicted octanol–water partition coefficient (Wildman–Crippen LogP) is 2.03. The van der Waals surface area contributed by atoms with Crippen LogP contribution >= 0.6 is 0 Å². The smallest absolute Gasteiger partial charge is 0.257 e. The fourth-order valence-electron chi connectivity index (χ4n) is 2.03. The van der Waals surface area contributed by atoms with Crippen LogP contribution in [0.5, 0.6) is 11.6 Å². The number of ether oxygens (including phenoxy) is 1. The summed E-state index contributed by atoms with van der Waals surface area (Å²) in [4.78, 5) is 18.6. The molecule has 2 N–H and O–H groups in total. The summed E-state index contributed by atoms with van der Waals surface area (Å²) >= 11 is 0. The highest BCUT2D eigenvalue weighted by Gasteiger charge is 2.10. The predicted molar refractivity (Wildman–Crippen MR) is 76.3 cm³/mol. The molecule has 0 aliphatic heterocycles. The topological polar surface area (TPSA) is 75.2 Å². The normalized spacial score (nSPS) is 10.5. The fourth-order valence-corrected chi connectivity index (χ4v) is 2.03. The maximum Gasteiger partial charge on any atom is 0.257 e. The second kappa shape index (κ2) is 6.23. The molecule has 106 valence electrons. The summed E-state index contributed by atoms with van der Waals surface area (Å²) < 4.78 is 5.09. The van der Waals surface area contributed by atoms with Crippen LogP contribution in [-0.2, 0) is 12.8 Å². The van der Waals surface area contributed by atoms with E-state index in [0.717, 1.165) is 17.7 Å². The second-order valence-electron chi connectivity index (χ2n) is 4.59. The summed E-state index contributed by atoms with van der Waals surface area (Å²) in [6, 6.07) is 7.49. The van der Waals surface area contributed by atoms with Crippen molar-refractivity contribution in [2.75, 3.05) is 7.11 Å². The molecule has 0 fully saturated rings. The Labute approximate surface area is 117 Å². The molecule has 5 heteroatoms. The molecule has 0 atom stereocenters. The van der Waals surface area contributed by atoms with Crippen molar-refractivity contribution in [2.24, 2.45) is 0 Å². The molecule has 0 aliphatic rings. The SMILES string of the molecule is CCCc1c(O)nc(Cc2ccc(OC)cc2)[nH]c1=O. The van der Waals surface area contributed by atoms with Gasteiger partial charge in [0.1, 0.15) is 11.6 Å². The van der Waals surface area contributed by atoms with Crippen LogP contribution in [0.2, 0.25) is 0 Å². The highest BCUT2D eigenvalue weighted by molar-refractivity contribution is 5.30. The minimum atomic E-state index is -0.261. The molecular weight excluding hydrogens is 256 g/mol. The van der Waals surface area contributed by atoms with Gasteiger partial charge in [-0.25, -0.2) is 0 Å². The molecule has 5 nitrogen and oxygen atoms in total. The Hall–Kier alpha value is -2.30. The number of aromatic hydroxyl groups is 1. The van der Waals surface area contributed by atoms with E-state index in [-0.39, 0.29) is 11.4 Å². The number of nitrogens with one attached hydrogen (secondary N) is 1. The van der Waals surface area contributed by atoms with Gasteiger partial charge in [-0.2, -0.15) is 4.98 Å². The first-order chi connectivity index (χ1) is 9.63. The Kier molecular flexibility index (Phi) is 4.40. The van der Waals surface area contributed by atoms with Gasteiger partial charge in [-0.3, -0.25) is 4.79 Å². The zero-order valence-corrected chi connectivity index (χ0v) is 11.6. The van der Waals surface area contributed by atoms with Crippen LogP contribution in [0, 0.1) is 0 Å². The first kappa shape index (κ1) is 14.1. The summed E-state index contributed by atoms with van der Waals surface area (Å²) in [5, 5.41) is 9.81. The van der Waals surface area contributed by atoms with Gasteiger partial charge in [-0.1, -0.05) is 25.5 Å². The van der Waals surface area contributed by atoms with E-state index in [4.69, 9.17) is 4.74 Å². The quantitative estimate of drug-likeness (QED) is 0.874. The number of benzene rings is 1. The van der Waals surface area contributed by atoms with E-state index >= 15 is 0 Å². The van der Waals surface area contributed by atoms with Gasteiger partial charge >= 0.3 is 0 Å². The largest absolute Gasteiger partial charge is 0.497 e. The van der Waals surface area contributed by atoms with Crippen molar-refractivity contribution < 1.29 is 9.84 Å². The Morgan fingerprint density at radius 3 is 2.55 bits per heavy atom. The minimum Gasteiger partial charge on any atom is -0.497 e. The third kappa shape index (κ3) is 3.17. The molecule has 2 rings (SSSR count). The van der Waals surface area contributed by atoms with Crippen molar-refractivity contribution >= 4 is 0 Å². The molecule has 0 saturated heterocycles. The van der Waals surface area contributed by atoms with Crippen LogP contribution in [0.15, 0.2) is 29.1 Å². The number of nitrogens with zero attached hydrogens (tertiary/aromatic N) is 1. The van der Waals surface area contributed by atoms with E-state index in [9.17, 15) is 9.90 Å². The van der Waals surface area contributed by atoms with E-state index < -0.39 is 0 Å². The van der Waals surface area contributed by atoms with Crippen LogP contribution in [0.1, 0.15) is 30.3 Å². The first-order valence-electron chi connectivity index (χ1n) is 6.58. The Balaban J connectivity index is 2.23. The first-order valence-corrected chi connectivity index (χ1v) is 6.58. The van der Waals surface area contributed by atoms with Gasteiger partial charge in [-0.05, 0) is 24.1 Å². The van der Waals surface area contributed by atoms with E-state index in [2.05, 4.69) is 9.97 Å². The van der Waals surface area contributed by atoms with E-state index in [0.29, 0.717) is 24.2 Å². The maximum absolute atomic E-state index is 11.9. The lowest BCUT2D eigenvalue weighted by Gasteiger charge is -2.06. The van der Waals surface area contributed by atoms with Gasteiger partial charge in [0.2, 0.25) is 5.88 Å². The number of rotatable bonds is 5. The van der Waals surface area contributed by atoms with E-state index in [1.165, 1.54) is 0 Å². The van der Waals surface area contributed by atoms with E-state index in [1.54, 1.807) is 7.11 Å². The lowest BCUT2D eigenvalue weighted by atomic mass is 10.1. The average molecular weight is 274 g/mol. The molecule has 20 heavy (non-hydrogen) atoms. The van der Waals surface area contributed by atoms with Gasteiger partial charge in [0.05, 0.1) is 12.7 Å². The number of H-pyrrole nitrogens is 1. The molecule has 0 radical (unpaired) electrons.